The fourth-order valence-corrected chi connectivity index (χ4v) is 5.32. The normalized spacial score (nSPS) is 19.5. The zero-order valence-corrected chi connectivity index (χ0v) is 21.9. The van der Waals surface area contributed by atoms with Gasteiger partial charge in [0.2, 0.25) is 0 Å². The van der Waals surface area contributed by atoms with Crippen LogP contribution in [0.4, 0.5) is 0 Å². The highest BCUT2D eigenvalue weighted by Crippen LogP contribution is 2.34. The molecule has 0 spiro atoms. The molecule has 0 bridgehead atoms. The van der Waals surface area contributed by atoms with E-state index in [1.54, 1.807) is 13.8 Å². The van der Waals surface area contributed by atoms with Crippen molar-refractivity contribution in [1.82, 2.24) is 9.80 Å². The molecule has 2 rings (SSSR count). The number of hydrogen-bond donors (Lipinski definition) is 0. The maximum atomic E-state index is 11.8. The Morgan fingerprint density at radius 3 is 2.03 bits per heavy atom. The molecule has 4 nitrogen and oxygen atoms in total. The van der Waals surface area contributed by atoms with Crippen molar-refractivity contribution >= 4 is 17.3 Å². The first-order valence-corrected chi connectivity index (χ1v) is 12.9. The van der Waals surface area contributed by atoms with Crippen LogP contribution >= 0.6 is 0 Å². The summed E-state index contributed by atoms with van der Waals surface area (Å²) >= 11 is 0. The van der Waals surface area contributed by atoms with Crippen LogP contribution in [-0.2, 0) is 4.79 Å². The fourth-order valence-electron chi connectivity index (χ4n) is 5.32. The summed E-state index contributed by atoms with van der Waals surface area (Å²) in [5.41, 5.74) is 2.85. The van der Waals surface area contributed by atoms with Crippen LogP contribution < -0.4 is 0 Å². The van der Waals surface area contributed by atoms with Crippen molar-refractivity contribution in [2.45, 2.75) is 79.2 Å². The minimum Gasteiger partial charge on any atom is -0.374 e. The SMILES string of the molecule is C=C(c1ccc(C(C)=O)cc1)N(C)CC1CCC(C[C@@H](CC)N(CC(C)=O)CC(C)C)CC1. The van der Waals surface area contributed by atoms with Gasteiger partial charge in [0.25, 0.3) is 0 Å². The van der Waals surface area contributed by atoms with Crippen molar-refractivity contribution in [3.8, 4) is 0 Å². The zero-order chi connectivity index (χ0) is 24.5. The van der Waals surface area contributed by atoms with E-state index < -0.39 is 0 Å². The molecule has 1 atom stereocenters. The van der Waals surface area contributed by atoms with Gasteiger partial charge in [0.1, 0.15) is 5.78 Å². The summed E-state index contributed by atoms with van der Waals surface area (Å²) in [7, 11) is 2.13. The van der Waals surface area contributed by atoms with Crippen LogP contribution in [0.2, 0.25) is 0 Å². The molecule has 33 heavy (non-hydrogen) atoms. The third-order valence-electron chi connectivity index (χ3n) is 7.20. The molecule has 0 N–H and O–H groups in total. The van der Waals surface area contributed by atoms with Gasteiger partial charge in [-0.3, -0.25) is 14.5 Å². The Morgan fingerprint density at radius 2 is 1.55 bits per heavy atom. The van der Waals surface area contributed by atoms with E-state index in [-0.39, 0.29) is 11.6 Å². The van der Waals surface area contributed by atoms with Crippen molar-refractivity contribution in [1.29, 1.82) is 0 Å². The Kier molecular flexibility index (Phi) is 10.8. The lowest BCUT2D eigenvalue weighted by molar-refractivity contribution is -0.119. The Hall–Kier alpha value is -1.94. The molecule has 1 saturated carbocycles. The molecule has 0 amide bonds. The zero-order valence-electron chi connectivity index (χ0n) is 21.9. The van der Waals surface area contributed by atoms with Crippen LogP contribution in [0.25, 0.3) is 5.70 Å². The second kappa shape index (κ2) is 13.1. The Morgan fingerprint density at radius 1 is 1.00 bits per heavy atom. The number of hydrogen-bond acceptors (Lipinski definition) is 4. The van der Waals surface area contributed by atoms with Crippen LogP contribution in [0.1, 0.15) is 89.1 Å². The summed E-state index contributed by atoms with van der Waals surface area (Å²) in [5.74, 6) is 2.41. The number of Topliss-reactive ketones (excluding diaryl/α,β-unsaturated/α-hetero) is 2. The number of benzene rings is 1. The molecule has 0 heterocycles. The smallest absolute Gasteiger partial charge is 0.159 e. The predicted octanol–water partition coefficient (Wildman–Crippen LogP) is 6.31. The average Bonchev–Trinajstić information content (AvgIpc) is 2.77. The number of ketones is 2. The molecule has 184 valence electrons. The molecule has 1 aliphatic carbocycles. The van der Waals surface area contributed by atoms with Crippen LogP contribution in [0.3, 0.4) is 0 Å². The Balaban J connectivity index is 1.85. The molecule has 0 saturated heterocycles. The predicted molar refractivity (Wildman–Crippen MR) is 139 cm³/mol. The highest BCUT2D eigenvalue weighted by molar-refractivity contribution is 5.94. The van der Waals surface area contributed by atoms with Gasteiger partial charge in [-0.05, 0) is 62.8 Å². The maximum Gasteiger partial charge on any atom is 0.159 e. The standard InChI is InChI=1S/C29H46N2O2/c1-8-29(31(18-21(2)3)19-22(4)32)17-25-9-11-26(12-10-25)20-30(7)23(5)27-13-15-28(16-14-27)24(6)33/h13-16,21,25-26,29H,5,8-12,17-20H2,1-4,6-7H3/t25?,26?,29-/m1/s1. The van der Waals surface area contributed by atoms with E-state index in [0.717, 1.165) is 42.3 Å². The Labute approximate surface area is 202 Å². The van der Waals surface area contributed by atoms with Crippen molar-refractivity contribution in [2.24, 2.45) is 17.8 Å². The van der Waals surface area contributed by atoms with Gasteiger partial charge in [-0.1, -0.05) is 64.5 Å². The van der Waals surface area contributed by atoms with E-state index in [1.165, 1.54) is 32.1 Å². The molecular formula is C29H46N2O2. The lowest BCUT2D eigenvalue weighted by atomic mass is 9.78. The van der Waals surface area contributed by atoms with Crippen LogP contribution in [0, 0.1) is 17.8 Å². The molecule has 0 radical (unpaired) electrons. The lowest BCUT2D eigenvalue weighted by Gasteiger charge is -2.37. The molecule has 1 aromatic carbocycles. The molecule has 0 aliphatic heterocycles. The second-order valence-electron chi connectivity index (χ2n) is 10.7. The van der Waals surface area contributed by atoms with E-state index in [1.807, 2.05) is 24.3 Å². The van der Waals surface area contributed by atoms with Crippen LogP contribution in [0.15, 0.2) is 30.8 Å². The molecular weight excluding hydrogens is 408 g/mol. The largest absolute Gasteiger partial charge is 0.374 e. The monoisotopic (exact) mass is 454 g/mol. The summed E-state index contributed by atoms with van der Waals surface area (Å²) in [5, 5.41) is 0. The van der Waals surface area contributed by atoms with Gasteiger partial charge in [-0.2, -0.15) is 0 Å². The van der Waals surface area contributed by atoms with Crippen LogP contribution in [0.5, 0.6) is 0 Å². The van der Waals surface area contributed by atoms with Gasteiger partial charge >= 0.3 is 0 Å². The summed E-state index contributed by atoms with van der Waals surface area (Å²) < 4.78 is 0. The minimum absolute atomic E-state index is 0.0937. The van der Waals surface area contributed by atoms with Gasteiger partial charge in [-0.15, -0.1) is 0 Å². The fraction of sp³-hybridized carbons (Fsp3) is 0.655. The molecule has 1 fully saturated rings. The molecule has 1 aliphatic rings. The third kappa shape index (κ3) is 8.73. The number of nitrogens with zero attached hydrogens (tertiary/aromatic N) is 2. The maximum absolute atomic E-state index is 11.8. The average molecular weight is 455 g/mol. The topological polar surface area (TPSA) is 40.6 Å². The summed E-state index contributed by atoms with van der Waals surface area (Å²) in [6.45, 7) is 17.0. The van der Waals surface area contributed by atoms with Gasteiger partial charge in [-0.25, -0.2) is 0 Å². The summed E-state index contributed by atoms with van der Waals surface area (Å²) in [6.07, 6.45) is 7.42. The Bertz CT molecular complexity index is 775. The summed E-state index contributed by atoms with van der Waals surface area (Å²) in [6, 6.07) is 8.29. The van der Waals surface area contributed by atoms with Crippen molar-refractivity contribution in [3.05, 3.63) is 42.0 Å². The third-order valence-corrected chi connectivity index (χ3v) is 7.20. The van der Waals surface area contributed by atoms with E-state index in [4.69, 9.17) is 0 Å². The van der Waals surface area contributed by atoms with Crippen molar-refractivity contribution in [3.63, 3.8) is 0 Å². The van der Waals surface area contributed by atoms with Gasteiger partial charge < -0.3 is 4.90 Å². The van der Waals surface area contributed by atoms with E-state index in [2.05, 4.69) is 44.2 Å². The molecule has 0 aromatic heterocycles. The number of rotatable bonds is 13. The van der Waals surface area contributed by atoms with Crippen LogP contribution in [-0.4, -0.2) is 54.1 Å². The highest BCUT2D eigenvalue weighted by atomic mass is 16.1. The van der Waals surface area contributed by atoms with Gasteiger partial charge in [0.05, 0.1) is 6.54 Å². The number of carbonyl (C=O) groups is 2. The highest BCUT2D eigenvalue weighted by Gasteiger charge is 2.27. The first-order chi connectivity index (χ1) is 15.6. The quantitative estimate of drug-likeness (QED) is 0.327. The summed E-state index contributed by atoms with van der Waals surface area (Å²) in [4.78, 5) is 28.1. The van der Waals surface area contributed by atoms with E-state index in [0.29, 0.717) is 24.4 Å². The molecule has 4 heteroatoms. The van der Waals surface area contributed by atoms with Gasteiger partial charge in [0, 0.05) is 37.4 Å². The minimum atomic E-state index is 0.0937. The first-order valence-electron chi connectivity index (χ1n) is 12.9. The van der Waals surface area contributed by atoms with Crippen molar-refractivity contribution in [2.75, 3.05) is 26.7 Å². The van der Waals surface area contributed by atoms with Gasteiger partial charge in [0.15, 0.2) is 5.78 Å². The first kappa shape index (κ1) is 27.3. The molecule has 1 aromatic rings. The lowest BCUT2D eigenvalue weighted by Crippen LogP contribution is -2.42. The molecule has 0 unspecified atom stereocenters. The number of carbonyl (C=O) groups excluding carboxylic acids is 2. The van der Waals surface area contributed by atoms with E-state index >= 15 is 0 Å². The van der Waals surface area contributed by atoms with Crippen molar-refractivity contribution < 1.29 is 9.59 Å². The van der Waals surface area contributed by atoms with E-state index in [9.17, 15) is 9.59 Å². The second-order valence-corrected chi connectivity index (χ2v) is 10.7.